The quantitative estimate of drug-likeness (QED) is 0.183. The third kappa shape index (κ3) is 6.00. The first-order valence-electron chi connectivity index (χ1n) is 12.7. The summed E-state index contributed by atoms with van der Waals surface area (Å²) in [5.74, 6) is -0.386. The van der Waals surface area contributed by atoms with Crippen molar-refractivity contribution < 1.29 is 9.53 Å². The van der Waals surface area contributed by atoms with Gasteiger partial charge in [-0.25, -0.2) is 4.79 Å². The number of carbonyl (C=O) groups is 1. The highest BCUT2D eigenvalue weighted by atomic mass is 16.5. The Hall–Kier alpha value is -4.11. The predicted molar refractivity (Wildman–Crippen MR) is 155 cm³/mol. The number of hydrogen-bond donors (Lipinski definition) is 0. The van der Waals surface area contributed by atoms with Gasteiger partial charge in [0.1, 0.15) is 0 Å². The van der Waals surface area contributed by atoms with Crippen LogP contribution in [0.1, 0.15) is 33.4 Å². The molecule has 0 radical (unpaired) electrons. The summed E-state index contributed by atoms with van der Waals surface area (Å²) in [4.78, 5) is 13.6. The second kappa shape index (κ2) is 11.3. The maximum atomic E-state index is 11.2. The largest absolute Gasteiger partial charge is 0.462 e. The van der Waals surface area contributed by atoms with E-state index in [1.807, 2.05) is 0 Å². The van der Waals surface area contributed by atoms with Crippen LogP contribution in [-0.2, 0) is 16.0 Å². The Kier molecular flexibility index (Phi) is 7.93. The molecule has 0 fully saturated rings. The standard InChI is InChI=1S/C34H35NO2/c1-7-33(36)37-19-18-28-9-11-29(12-10-28)30-13-15-31(16-14-30)35(32-17-8-23(2)20-25(32)4)34-26(5)21-24(3)22-27(34)6/h7-17,20-22H,1,18-19H2,2-6H3. The lowest BCUT2D eigenvalue weighted by Gasteiger charge is -2.30. The van der Waals surface area contributed by atoms with Gasteiger partial charge in [0.15, 0.2) is 0 Å². The molecule has 0 aliphatic carbocycles. The first kappa shape index (κ1) is 26.0. The number of aryl methyl sites for hydroxylation is 5. The van der Waals surface area contributed by atoms with Crippen LogP contribution in [0.15, 0.2) is 91.5 Å². The molecule has 0 atom stereocenters. The van der Waals surface area contributed by atoms with Crippen molar-refractivity contribution in [2.45, 2.75) is 41.0 Å². The number of ether oxygens (including phenoxy) is 1. The molecule has 3 heteroatoms. The first-order chi connectivity index (χ1) is 17.8. The highest BCUT2D eigenvalue weighted by Gasteiger charge is 2.19. The number of rotatable bonds is 8. The summed E-state index contributed by atoms with van der Waals surface area (Å²) < 4.78 is 5.09. The summed E-state index contributed by atoms with van der Waals surface area (Å²) >= 11 is 0. The van der Waals surface area contributed by atoms with Gasteiger partial charge < -0.3 is 9.64 Å². The Morgan fingerprint density at radius 3 is 1.89 bits per heavy atom. The third-order valence-electron chi connectivity index (χ3n) is 6.67. The van der Waals surface area contributed by atoms with Crippen molar-refractivity contribution in [3.63, 3.8) is 0 Å². The van der Waals surface area contributed by atoms with Crippen molar-refractivity contribution in [3.05, 3.63) is 125 Å². The van der Waals surface area contributed by atoms with Gasteiger partial charge in [0, 0.05) is 23.9 Å². The van der Waals surface area contributed by atoms with Gasteiger partial charge in [-0.05, 0) is 86.2 Å². The maximum Gasteiger partial charge on any atom is 0.330 e. The van der Waals surface area contributed by atoms with Crippen LogP contribution in [0, 0.1) is 34.6 Å². The van der Waals surface area contributed by atoms with Crippen molar-refractivity contribution in [2.24, 2.45) is 0 Å². The molecule has 4 aromatic carbocycles. The van der Waals surface area contributed by atoms with Crippen molar-refractivity contribution in [1.29, 1.82) is 0 Å². The fourth-order valence-corrected chi connectivity index (χ4v) is 4.97. The molecule has 0 aliphatic heterocycles. The van der Waals surface area contributed by atoms with Crippen molar-refractivity contribution >= 4 is 23.0 Å². The number of nitrogens with zero attached hydrogens (tertiary/aromatic N) is 1. The normalized spacial score (nSPS) is 10.7. The average Bonchev–Trinajstić information content (AvgIpc) is 2.87. The van der Waals surface area contributed by atoms with Gasteiger partial charge >= 0.3 is 5.97 Å². The summed E-state index contributed by atoms with van der Waals surface area (Å²) in [5, 5.41) is 0. The fraction of sp³-hybridized carbons (Fsp3) is 0.206. The van der Waals surface area contributed by atoms with Gasteiger partial charge in [-0.1, -0.05) is 78.4 Å². The van der Waals surface area contributed by atoms with E-state index in [0.29, 0.717) is 13.0 Å². The van der Waals surface area contributed by atoms with E-state index in [-0.39, 0.29) is 5.97 Å². The molecule has 0 saturated heterocycles. The Balaban J connectivity index is 1.65. The number of anilines is 3. The molecule has 0 amide bonds. The molecule has 0 unspecified atom stereocenters. The molecular weight excluding hydrogens is 454 g/mol. The molecule has 0 bridgehead atoms. The molecule has 0 aliphatic rings. The van der Waals surface area contributed by atoms with Gasteiger partial charge in [-0.15, -0.1) is 0 Å². The Morgan fingerprint density at radius 1 is 0.757 bits per heavy atom. The molecule has 37 heavy (non-hydrogen) atoms. The van der Waals surface area contributed by atoms with Gasteiger partial charge in [-0.3, -0.25) is 0 Å². The van der Waals surface area contributed by atoms with Crippen LogP contribution >= 0.6 is 0 Å². The second-order valence-corrected chi connectivity index (χ2v) is 9.74. The van der Waals surface area contributed by atoms with E-state index in [9.17, 15) is 4.79 Å². The van der Waals surface area contributed by atoms with Crippen LogP contribution in [-0.4, -0.2) is 12.6 Å². The molecule has 0 spiro atoms. The number of benzene rings is 4. The first-order valence-corrected chi connectivity index (χ1v) is 12.7. The average molecular weight is 490 g/mol. The van der Waals surface area contributed by atoms with Crippen molar-refractivity contribution in [3.8, 4) is 11.1 Å². The van der Waals surface area contributed by atoms with Crippen LogP contribution < -0.4 is 4.90 Å². The van der Waals surface area contributed by atoms with E-state index >= 15 is 0 Å². The van der Waals surface area contributed by atoms with E-state index in [0.717, 1.165) is 22.4 Å². The molecule has 4 aromatic rings. The highest BCUT2D eigenvalue weighted by molar-refractivity contribution is 5.83. The number of esters is 1. The van der Waals surface area contributed by atoms with Crippen LogP contribution in [0.4, 0.5) is 17.1 Å². The van der Waals surface area contributed by atoms with Crippen LogP contribution in [0.3, 0.4) is 0 Å². The smallest absolute Gasteiger partial charge is 0.330 e. The summed E-state index contributed by atoms with van der Waals surface area (Å²) in [6.07, 6.45) is 1.87. The molecule has 3 nitrogen and oxygen atoms in total. The lowest BCUT2D eigenvalue weighted by molar-refractivity contribution is -0.137. The fourth-order valence-electron chi connectivity index (χ4n) is 4.97. The minimum atomic E-state index is -0.386. The molecule has 4 rings (SSSR count). The molecule has 0 heterocycles. The van der Waals surface area contributed by atoms with E-state index < -0.39 is 0 Å². The van der Waals surface area contributed by atoms with E-state index in [1.165, 1.54) is 45.3 Å². The van der Waals surface area contributed by atoms with Crippen LogP contribution in [0.5, 0.6) is 0 Å². The van der Waals surface area contributed by atoms with Gasteiger partial charge in [0.2, 0.25) is 0 Å². The van der Waals surface area contributed by atoms with Gasteiger partial charge in [-0.2, -0.15) is 0 Å². The third-order valence-corrected chi connectivity index (χ3v) is 6.67. The zero-order chi connectivity index (χ0) is 26.5. The second-order valence-electron chi connectivity index (χ2n) is 9.74. The van der Waals surface area contributed by atoms with Gasteiger partial charge in [0.25, 0.3) is 0 Å². The van der Waals surface area contributed by atoms with Crippen LogP contribution in [0.25, 0.3) is 11.1 Å². The molecule has 0 aromatic heterocycles. The Labute approximate surface area is 221 Å². The summed E-state index contributed by atoms with van der Waals surface area (Å²) in [5.41, 5.74) is 13.3. The minimum Gasteiger partial charge on any atom is -0.462 e. The number of carbonyl (C=O) groups excluding carboxylic acids is 1. The van der Waals surface area contributed by atoms with E-state index in [1.54, 1.807) is 0 Å². The lowest BCUT2D eigenvalue weighted by atomic mass is 9.99. The SMILES string of the molecule is C=CC(=O)OCCc1ccc(-c2ccc(N(c3ccc(C)cc3C)c3c(C)cc(C)cc3C)cc2)cc1. The Bertz CT molecular complexity index is 1390. The van der Waals surface area contributed by atoms with Crippen molar-refractivity contribution in [1.82, 2.24) is 0 Å². The lowest BCUT2D eigenvalue weighted by Crippen LogP contribution is -2.14. The van der Waals surface area contributed by atoms with Gasteiger partial charge in [0.05, 0.1) is 12.3 Å². The molecule has 0 N–H and O–H groups in total. The summed E-state index contributed by atoms with van der Waals surface area (Å²) in [7, 11) is 0. The monoisotopic (exact) mass is 489 g/mol. The van der Waals surface area contributed by atoms with Crippen molar-refractivity contribution in [2.75, 3.05) is 11.5 Å². The zero-order valence-electron chi connectivity index (χ0n) is 22.5. The summed E-state index contributed by atoms with van der Waals surface area (Å²) in [6, 6.07) is 28.4. The van der Waals surface area contributed by atoms with E-state index in [2.05, 4.69) is 125 Å². The minimum absolute atomic E-state index is 0.352. The zero-order valence-corrected chi connectivity index (χ0v) is 22.5. The molecule has 0 saturated carbocycles. The highest BCUT2D eigenvalue weighted by Crippen LogP contribution is 2.41. The molecular formula is C34H35NO2. The predicted octanol–water partition coefficient (Wildman–Crippen LogP) is 8.64. The molecule has 188 valence electrons. The maximum absolute atomic E-state index is 11.2. The number of hydrogen-bond acceptors (Lipinski definition) is 3. The topological polar surface area (TPSA) is 29.5 Å². The van der Waals surface area contributed by atoms with Crippen LogP contribution in [0.2, 0.25) is 0 Å². The summed E-state index contributed by atoms with van der Waals surface area (Å²) in [6.45, 7) is 14.6. The Morgan fingerprint density at radius 2 is 1.32 bits per heavy atom. The van der Waals surface area contributed by atoms with E-state index in [4.69, 9.17) is 4.74 Å².